The molecule has 0 aliphatic heterocycles. The van der Waals surface area contributed by atoms with Gasteiger partial charge in [-0.15, -0.1) is 0 Å². The zero-order valence-electron chi connectivity index (χ0n) is 5.85. The summed E-state index contributed by atoms with van der Waals surface area (Å²) >= 11 is 6.72. The Bertz CT molecular complexity index is 248. The van der Waals surface area contributed by atoms with Gasteiger partial charge >= 0.3 is 0 Å². The fraction of sp³-hybridized carbons (Fsp3) is 0.250. The van der Waals surface area contributed by atoms with Gasteiger partial charge in [-0.2, -0.15) is 0 Å². The first-order valence-electron chi connectivity index (χ1n) is 3.22. The van der Waals surface area contributed by atoms with Gasteiger partial charge in [0, 0.05) is 9.80 Å². The highest BCUT2D eigenvalue weighted by Gasteiger charge is 1.99. The van der Waals surface area contributed by atoms with E-state index in [1.165, 1.54) is 0 Å². The summed E-state index contributed by atoms with van der Waals surface area (Å²) in [5.41, 5.74) is 2.10. The molecule has 0 atom stereocenters. The summed E-state index contributed by atoms with van der Waals surface area (Å²) in [6.07, 6.45) is 0. The van der Waals surface area contributed by atoms with Crippen molar-refractivity contribution in [3.05, 3.63) is 33.8 Å². The standard InChI is InChI=1S/C8H8Br2O/c9-4-7-3-8(10)2-1-6(7)5-11/h1-3,11H,4-5H2. The highest BCUT2D eigenvalue weighted by atomic mass is 79.9. The predicted octanol–water partition coefficient (Wildman–Crippen LogP) is 2.84. The maximum absolute atomic E-state index is 8.90. The molecule has 0 heterocycles. The molecule has 1 nitrogen and oxygen atoms in total. The lowest BCUT2D eigenvalue weighted by atomic mass is 10.1. The Labute approximate surface area is 82.7 Å². The molecular formula is C8H8Br2O. The lowest BCUT2D eigenvalue weighted by Crippen LogP contribution is -1.90. The number of rotatable bonds is 2. The van der Waals surface area contributed by atoms with E-state index in [9.17, 15) is 0 Å². The van der Waals surface area contributed by atoms with Crippen molar-refractivity contribution < 1.29 is 5.11 Å². The summed E-state index contributed by atoms with van der Waals surface area (Å²) in [7, 11) is 0. The SMILES string of the molecule is OCc1ccc(Br)cc1CBr. The maximum Gasteiger partial charge on any atom is 0.0684 e. The molecule has 0 unspecified atom stereocenters. The zero-order chi connectivity index (χ0) is 8.27. The van der Waals surface area contributed by atoms with Gasteiger partial charge in [-0.3, -0.25) is 0 Å². The van der Waals surface area contributed by atoms with Gasteiger partial charge in [0.05, 0.1) is 6.61 Å². The quantitative estimate of drug-likeness (QED) is 0.826. The van der Waals surface area contributed by atoms with Gasteiger partial charge in [0.25, 0.3) is 0 Å². The molecule has 0 aliphatic rings. The number of halogens is 2. The van der Waals surface area contributed by atoms with Gasteiger partial charge in [-0.25, -0.2) is 0 Å². The normalized spacial score (nSPS) is 10.1. The van der Waals surface area contributed by atoms with Crippen molar-refractivity contribution in [2.75, 3.05) is 0 Å². The molecule has 1 rings (SSSR count). The van der Waals surface area contributed by atoms with E-state index >= 15 is 0 Å². The lowest BCUT2D eigenvalue weighted by Gasteiger charge is -2.03. The Morgan fingerprint density at radius 3 is 2.55 bits per heavy atom. The van der Waals surface area contributed by atoms with Gasteiger partial charge in [-0.05, 0) is 23.3 Å². The molecule has 0 aliphatic carbocycles. The monoisotopic (exact) mass is 278 g/mol. The summed E-state index contributed by atoms with van der Waals surface area (Å²) in [4.78, 5) is 0. The molecule has 0 aromatic heterocycles. The van der Waals surface area contributed by atoms with Crippen LogP contribution in [0, 0.1) is 0 Å². The van der Waals surface area contributed by atoms with E-state index in [1.54, 1.807) is 0 Å². The molecule has 1 N–H and O–H groups in total. The smallest absolute Gasteiger partial charge is 0.0684 e. The van der Waals surface area contributed by atoms with E-state index in [4.69, 9.17) is 5.11 Å². The highest BCUT2D eigenvalue weighted by Crippen LogP contribution is 2.18. The minimum atomic E-state index is 0.105. The zero-order valence-corrected chi connectivity index (χ0v) is 9.02. The molecule has 0 bridgehead atoms. The van der Waals surface area contributed by atoms with Crippen molar-refractivity contribution in [2.45, 2.75) is 11.9 Å². The second-order valence-electron chi connectivity index (χ2n) is 2.20. The van der Waals surface area contributed by atoms with Gasteiger partial charge in [0.2, 0.25) is 0 Å². The number of aliphatic hydroxyl groups excluding tert-OH is 1. The van der Waals surface area contributed by atoms with Gasteiger partial charge in [0.15, 0.2) is 0 Å². The number of aliphatic hydroxyl groups is 1. The minimum Gasteiger partial charge on any atom is -0.392 e. The third-order valence-corrected chi connectivity index (χ3v) is 2.58. The molecule has 0 spiro atoms. The lowest BCUT2D eigenvalue weighted by molar-refractivity contribution is 0.281. The summed E-state index contributed by atoms with van der Waals surface area (Å²) in [6.45, 7) is 0.105. The minimum absolute atomic E-state index is 0.105. The van der Waals surface area contributed by atoms with E-state index in [-0.39, 0.29) is 6.61 Å². The van der Waals surface area contributed by atoms with E-state index in [1.807, 2.05) is 18.2 Å². The summed E-state index contributed by atoms with van der Waals surface area (Å²) in [6, 6.07) is 5.85. The molecule has 1 aromatic carbocycles. The van der Waals surface area contributed by atoms with Crippen molar-refractivity contribution in [2.24, 2.45) is 0 Å². The molecule has 0 fully saturated rings. The predicted molar refractivity (Wildman–Crippen MR) is 52.7 cm³/mol. The third-order valence-electron chi connectivity index (χ3n) is 1.48. The fourth-order valence-electron chi connectivity index (χ4n) is 0.873. The van der Waals surface area contributed by atoms with E-state index in [0.717, 1.165) is 20.9 Å². The van der Waals surface area contributed by atoms with Gasteiger partial charge < -0.3 is 5.11 Å². The molecule has 3 heteroatoms. The van der Waals surface area contributed by atoms with Crippen LogP contribution in [-0.4, -0.2) is 5.11 Å². The number of hydrogen-bond donors (Lipinski definition) is 1. The van der Waals surface area contributed by atoms with Crippen LogP contribution in [0.5, 0.6) is 0 Å². The van der Waals surface area contributed by atoms with E-state index in [2.05, 4.69) is 31.9 Å². The first-order chi connectivity index (χ1) is 5.27. The van der Waals surface area contributed by atoms with Crippen LogP contribution in [0.1, 0.15) is 11.1 Å². The van der Waals surface area contributed by atoms with Crippen molar-refractivity contribution in [3.63, 3.8) is 0 Å². The van der Waals surface area contributed by atoms with Crippen LogP contribution in [0.3, 0.4) is 0 Å². The van der Waals surface area contributed by atoms with Crippen LogP contribution in [0.15, 0.2) is 22.7 Å². The molecule has 11 heavy (non-hydrogen) atoms. The Balaban J connectivity index is 3.06. The van der Waals surface area contributed by atoms with Crippen LogP contribution < -0.4 is 0 Å². The maximum atomic E-state index is 8.90. The fourth-order valence-corrected chi connectivity index (χ4v) is 1.80. The van der Waals surface area contributed by atoms with Gasteiger partial charge in [-0.1, -0.05) is 37.9 Å². The molecular weight excluding hydrogens is 272 g/mol. The summed E-state index contributed by atoms with van der Waals surface area (Å²) < 4.78 is 1.05. The van der Waals surface area contributed by atoms with Gasteiger partial charge in [0.1, 0.15) is 0 Å². The molecule has 0 amide bonds. The largest absolute Gasteiger partial charge is 0.392 e. The molecule has 0 saturated heterocycles. The van der Waals surface area contributed by atoms with E-state index in [0.29, 0.717) is 0 Å². The first kappa shape index (κ1) is 9.23. The van der Waals surface area contributed by atoms with Crippen molar-refractivity contribution in [3.8, 4) is 0 Å². The summed E-state index contributed by atoms with van der Waals surface area (Å²) in [5, 5.41) is 9.68. The average molecular weight is 280 g/mol. The number of benzene rings is 1. The Hall–Kier alpha value is 0.140. The first-order valence-corrected chi connectivity index (χ1v) is 5.13. The van der Waals surface area contributed by atoms with Crippen LogP contribution in [0.2, 0.25) is 0 Å². The molecule has 0 saturated carbocycles. The van der Waals surface area contributed by atoms with Crippen molar-refractivity contribution in [1.29, 1.82) is 0 Å². The number of alkyl halides is 1. The number of hydrogen-bond acceptors (Lipinski definition) is 1. The average Bonchev–Trinajstić information content (AvgIpc) is 2.04. The van der Waals surface area contributed by atoms with Crippen LogP contribution in [0.25, 0.3) is 0 Å². The highest BCUT2D eigenvalue weighted by molar-refractivity contribution is 9.10. The van der Waals surface area contributed by atoms with Crippen LogP contribution in [0.4, 0.5) is 0 Å². The van der Waals surface area contributed by atoms with Crippen molar-refractivity contribution >= 4 is 31.9 Å². The molecule has 60 valence electrons. The second-order valence-corrected chi connectivity index (χ2v) is 3.68. The Morgan fingerprint density at radius 2 is 2.00 bits per heavy atom. The Morgan fingerprint density at radius 1 is 1.27 bits per heavy atom. The molecule has 1 aromatic rings. The topological polar surface area (TPSA) is 20.2 Å². The second kappa shape index (κ2) is 4.24. The van der Waals surface area contributed by atoms with Crippen LogP contribution in [-0.2, 0) is 11.9 Å². The summed E-state index contributed by atoms with van der Waals surface area (Å²) in [5.74, 6) is 0. The van der Waals surface area contributed by atoms with Crippen LogP contribution >= 0.6 is 31.9 Å². The van der Waals surface area contributed by atoms with E-state index < -0.39 is 0 Å². The van der Waals surface area contributed by atoms with Crippen molar-refractivity contribution in [1.82, 2.24) is 0 Å². The molecule has 0 radical (unpaired) electrons. The Kier molecular flexibility index (Phi) is 3.55. The third kappa shape index (κ3) is 2.29.